The number of hydrogen-bond acceptors (Lipinski definition) is 2. The highest BCUT2D eigenvalue weighted by atomic mass is 31.2. The van der Waals surface area contributed by atoms with Crippen LogP contribution in [-0.2, 0) is 9.13 Å². The lowest BCUT2D eigenvalue weighted by Crippen LogP contribution is -2.25. The molecule has 0 saturated heterocycles. The molecule has 1 atom stereocenters. The van der Waals surface area contributed by atoms with Crippen molar-refractivity contribution in [2.75, 3.05) is 6.16 Å². The fourth-order valence-corrected chi connectivity index (χ4v) is 11.9. The van der Waals surface area contributed by atoms with Crippen molar-refractivity contribution in [2.24, 2.45) is 0 Å². The van der Waals surface area contributed by atoms with Crippen LogP contribution in [0.5, 0.6) is 0 Å². The Morgan fingerprint density at radius 1 is 0.667 bits per heavy atom. The van der Waals surface area contributed by atoms with Gasteiger partial charge < -0.3 is 13.7 Å². The summed E-state index contributed by atoms with van der Waals surface area (Å²) < 4.78 is 32.3. The Bertz CT molecular complexity index is 2220. The predicted octanol–water partition coefficient (Wildman–Crippen LogP) is 9.85. The van der Waals surface area contributed by atoms with Gasteiger partial charge in [0.25, 0.3) is 0 Å². The molecule has 6 aromatic rings. The maximum absolute atomic E-state index is 15.4. The summed E-state index contributed by atoms with van der Waals surface area (Å²) in [5.41, 5.74) is 3.82. The van der Waals surface area contributed by atoms with E-state index in [1.807, 2.05) is 127 Å². The summed E-state index contributed by atoms with van der Waals surface area (Å²) in [6, 6.07) is 45.7. The van der Waals surface area contributed by atoms with Gasteiger partial charge in [0, 0.05) is 49.3 Å². The molecule has 0 N–H and O–H groups in total. The first-order valence-corrected chi connectivity index (χ1v) is 19.9. The molecule has 5 heteroatoms. The molecule has 0 bridgehead atoms. The van der Waals surface area contributed by atoms with Crippen LogP contribution < -0.4 is 21.2 Å². The monoisotopic (exact) mass is 661 g/mol. The first kappa shape index (κ1) is 31.6. The van der Waals surface area contributed by atoms with Crippen LogP contribution in [-0.4, -0.2) is 10.7 Å². The highest BCUT2D eigenvalue weighted by Gasteiger charge is 2.31. The van der Waals surface area contributed by atoms with Gasteiger partial charge in [-0.2, -0.15) is 0 Å². The SMILES string of the molecule is C=Cc1c(/C=C\CP(=O)(C2=CCCC=C2)c2ccccc2)c2ccc(P(=O)(c3ccccc3)c3ccccc3)cc2n1-c1ccccc1. The van der Waals surface area contributed by atoms with Gasteiger partial charge in [-0.1, -0.05) is 158 Å². The summed E-state index contributed by atoms with van der Waals surface area (Å²) in [6.07, 6.45) is 14.6. The minimum atomic E-state index is -3.21. The third-order valence-electron chi connectivity index (χ3n) is 9.05. The topological polar surface area (TPSA) is 39.1 Å². The van der Waals surface area contributed by atoms with Gasteiger partial charge in [0.15, 0.2) is 7.14 Å². The molecule has 3 nitrogen and oxygen atoms in total. The van der Waals surface area contributed by atoms with Gasteiger partial charge in [0.05, 0.1) is 11.2 Å². The van der Waals surface area contributed by atoms with Gasteiger partial charge in [0.1, 0.15) is 7.14 Å². The smallest absolute Gasteiger partial charge is 0.171 e. The van der Waals surface area contributed by atoms with Crippen LogP contribution in [0.3, 0.4) is 0 Å². The van der Waals surface area contributed by atoms with E-state index in [9.17, 15) is 4.57 Å². The number of nitrogens with zero attached hydrogens (tertiary/aromatic N) is 1. The van der Waals surface area contributed by atoms with E-state index in [-0.39, 0.29) is 0 Å². The average molecular weight is 662 g/mol. The highest BCUT2D eigenvalue weighted by molar-refractivity contribution is 7.85. The molecule has 0 amide bonds. The number of fused-ring (bicyclic) bond motifs is 1. The maximum atomic E-state index is 15.4. The molecule has 0 radical (unpaired) electrons. The Kier molecular flexibility index (Phi) is 9.00. The second kappa shape index (κ2) is 13.7. The number of aromatic nitrogens is 1. The number of para-hydroxylation sites is 1. The third-order valence-corrected chi connectivity index (χ3v) is 15.1. The summed E-state index contributed by atoms with van der Waals surface area (Å²) in [7, 11) is -6.11. The second-order valence-electron chi connectivity index (χ2n) is 11.9. The molecule has 48 heavy (non-hydrogen) atoms. The van der Waals surface area contributed by atoms with Crippen LogP contribution in [0.4, 0.5) is 0 Å². The fourth-order valence-electron chi connectivity index (χ4n) is 6.69. The van der Waals surface area contributed by atoms with Crippen molar-refractivity contribution in [3.8, 4) is 5.69 Å². The van der Waals surface area contributed by atoms with Gasteiger partial charge in [-0.05, 0) is 37.1 Å². The lowest BCUT2D eigenvalue weighted by Gasteiger charge is -2.20. The van der Waals surface area contributed by atoms with Gasteiger partial charge in [-0.3, -0.25) is 0 Å². The van der Waals surface area contributed by atoms with Gasteiger partial charge >= 0.3 is 0 Å². The van der Waals surface area contributed by atoms with Gasteiger partial charge in [0.2, 0.25) is 0 Å². The molecule has 0 saturated carbocycles. The first-order chi connectivity index (χ1) is 23.5. The van der Waals surface area contributed by atoms with Crippen molar-refractivity contribution in [1.82, 2.24) is 4.57 Å². The molecule has 1 heterocycles. The van der Waals surface area contributed by atoms with Crippen LogP contribution in [0.25, 0.3) is 28.7 Å². The van der Waals surface area contributed by atoms with Crippen LogP contribution in [0, 0.1) is 0 Å². The van der Waals surface area contributed by atoms with Crippen LogP contribution in [0.2, 0.25) is 0 Å². The third kappa shape index (κ3) is 5.75. The average Bonchev–Trinajstić information content (AvgIpc) is 3.48. The summed E-state index contributed by atoms with van der Waals surface area (Å²) in [4.78, 5) is 0. The molecule has 1 aliphatic carbocycles. The number of hydrogen-bond donors (Lipinski definition) is 0. The zero-order valence-electron chi connectivity index (χ0n) is 26.7. The van der Waals surface area contributed by atoms with Crippen LogP contribution >= 0.6 is 14.3 Å². The molecular formula is C43H37NO2P2. The molecule has 7 rings (SSSR count). The van der Waals surface area contributed by atoms with E-state index >= 15 is 4.57 Å². The van der Waals surface area contributed by atoms with E-state index in [0.717, 1.165) is 67.2 Å². The lowest BCUT2D eigenvalue weighted by atomic mass is 10.1. The quantitative estimate of drug-likeness (QED) is 0.137. The standard InChI is InChI=1S/C43H37NO2P2/c1-2-42-40(29-18-32-47(45,35-21-10-4-11-22-35)36-23-12-5-13-24-36)41-31-30-39(33-43(41)44(42)34-19-8-3-9-20-34)48(46,37-25-14-6-15-26-37)38-27-16-7-17-28-38/h2-4,6-12,14-31,33H,1,5,13,32H2/b29-18-. The van der Waals surface area contributed by atoms with Crippen molar-refractivity contribution in [1.29, 1.82) is 0 Å². The van der Waals surface area contributed by atoms with E-state index < -0.39 is 14.3 Å². The minimum absolute atomic E-state index is 0.400. The zero-order chi connectivity index (χ0) is 33.0. The largest absolute Gasteiger partial charge is 0.313 e. The van der Waals surface area contributed by atoms with E-state index in [1.165, 1.54) is 0 Å². The molecular weight excluding hydrogens is 624 g/mol. The Morgan fingerprint density at radius 2 is 1.25 bits per heavy atom. The summed E-state index contributed by atoms with van der Waals surface area (Å²) in [5, 5.41) is 5.14. The zero-order valence-corrected chi connectivity index (χ0v) is 28.5. The highest BCUT2D eigenvalue weighted by Crippen LogP contribution is 2.54. The summed E-state index contributed by atoms with van der Waals surface area (Å²) >= 11 is 0. The Labute approximate surface area is 283 Å². The van der Waals surface area contributed by atoms with E-state index in [0.29, 0.717) is 6.16 Å². The molecule has 0 spiro atoms. The Morgan fingerprint density at radius 3 is 1.81 bits per heavy atom. The fraction of sp³-hybridized carbons (Fsp3) is 0.0698. The van der Waals surface area contributed by atoms with Crippen molar-refractivity contribution in [3.63, 3.8) is 0 Å². The molecule has 5 aromatic carbocycles. The van der Waals surface area contributed by atoms with Crippen molar-refractivity contribution in [2.45, 2.75) is 12.8 Å². The Balaban J connectivity index is 1.41. The second-order valence-corrected chi connectivity index (χ2v) is 17.6. The van der Waals surface area contributed by atoms with E-state index in [4.69, 9.17) is 0 Å². The minimum Gasteiger partial charge on any atom is -0.313 e. The molecule has 0 aliphatic heterocycles. The maximum Gasteiger partial charge on any atom is 0.171 e. The number of benzene rings is 5. The van der Waals surface area contributed by atoms with Crippen LogP contribution in [0.1, 0.15) is 24.1 Å². The predicted molar refractivity (Wildman–Crippen MR) is 207 cm³/mol. The molecule has 0 fully saturated rings. The number of rotatable bonds is 10. The summed E-state index contributed by atoms with van der Waals surface area (Å²) in [5.74, 6) is 0. The first-order valence-electron chi connectivity index (χ1n) is 16.3. The number of allylic oxidation sites excluding steroid dienone is 5. The Hall–Kier alpha value is -4.94. The molecule has 1 aliphatic rings. The van der Waals surface area contributed by atoms with E-state index in [2.05, 4.69) is 59.7 Å². The molecule has 1 aromatic heterocycles. The van der Waals surface area contributed by atoms with Crippen molar-refractivity contribution >= 4 is 58.6 Å². The van der Waals surface area contributed by atoms with Gasteiger partial charge in [-0.25, -0.2) is 0 Å². The van der Waals surface area contributed by atoms with Crippen molar-refractivity contribution < 1.29 is 9.13 Å². The van der Waals surface area contributed by atoms with Crippen LogP contribution in [0.15, 0.2) is 176 Å². The molecule has 1 unspecified atom stereocenters. The molecule has 236 valence electrons. The lowest BCUT2D eigenvalue weighted by molar-refractivity contribution is 0.587. The van der Waals surface area contributed by atoms with E-state index in [1.54, 1.807) is 0 Å². The normalized spacial score (nSPS) is 14.5. The van der Waals surface area contributed by atoms with Gasteiger partial charge in [-0.15, -0.1) is 0 Å². The summed E-state index contributed by atoms with van der Waals surface area (Å²) in [6.45, 7) is 4.23. The van der Waals surface area contributed by atoms with Crippen molar-refractivity contribution in [3.05, 3.63) is 187 Å².